The number of rotatable bonds is 2. The molecule has 2 aromatic rings. The number of fused-ring (bicyclic) bond motifs is 1. The molecular weight excluding hydrogens is 246 g/mol. The number of H-pyrrole nitrogens is 2. The molecule has 0 saturated carbocycles. The van der Waals surface area contributed by atoms with Gasteiger partial charge in [-0.15, -0.1) is 0 Å². The molecule has 1 aromatic heterocycles. The first-order valence-corrected chi connectivity index (χ1v) is 5.81. The van der Waals surface area contributed by atoms with Crippen LogP contribution in [0.4, 0.5) is 0 Å². The first kappa shape index (κ1) is 11.5. The highest BCUT2D eigenvalue weighted by atomic mass is 16.2. The summed E-state index contributed by atoms with van der Waals surface area (Å²) in [5, 5.41) is 5.11. The van der Waals surface area contributed by atoms with Crippen molar-refractivity contribution in [2.45, 2.75) is 13.5 Å². The Morgan fingerprint density at radius 3 is 2.05 bits per heavy atom. The maximum atomic E-state index is 12.1. The van der Waals surface area contributed by atoms with E-state index < -0.39 is 0 Å². The third kappa shape index (κ3) is 1.61. The van der Waals surface area contributed by atoms with Gasteiger partial charge in [-0.3, -0.25) is 24.4 Å². The number of aryl methyl sites for hydroxylation is 1. The fraction of sp³-hybridized carbons (Fsp3) is 0.154. The van der Waals surface area contributed by atoms with Crippen molar-refractivity contribution in [2.75, 3.05) is 0 Å². The third-order valence-electron chi connectivity index (χ3n) is 3.28. The number of hydrogen-bond acceptors (Lipinski definition) is 3. The van der Waals surface area contributed by atoms with Crippen molar-refractivity contribution < 1.29 is 9.59 Å². The van der Waals surface area contributed by atoms with Gasteiger partial charge in [-0.1, -0.05) is 12.1 Å². The third-order valence-corrected chi connectivity index (χ3v) is 3.28. The smallest absolute Gasteiger partial charge is 0.269 e. The van der Waals surface area contributed by atoms with Gasteiger partial charge < -0.3 is 5.10 Å². The van der Waals surface area contributed by atoms with Crippen molar-refractivity contribution in [1.29, 1.82) is 0 Å². The van der Waals surface area contributed by atoms with E-state index >= 15 is 0 Å². The highest BCUT2D eigenvalue weighted by Crippen LogP contribution is 2.23. The average Bonchev–Trinajstić information content (AvgIpc) is 2.85. The molecule has 2 N–H and O–H groups in total. The Bertz CT molecular complexity index is 707. The summed E-state index contributed by atoms with van der Waals surface area (Å²) < 4.78 is 0. The molecule has 0 unspecified atom stereocenters. The molecule has 0 fully saturated rings. The summed E-state index contributed by atoms with van der Waals surface area (Å²) in [4.78, 5) is 36.9. The summed E-state index contributed by atoms with van der Waals surface area (Å²) in [5.41, 5.74) is 1.49. The van der Waals surface area contributed by atoms with E-state index in [-0.39, 0.29) is 23.9 Å². The molecule has 0 bridgehead atoms. The molecular formula is C13H11N3O3. The van der Waals surface area contributed by atoms with Crippen LogP contribution < -0.4 is 5.56 Å². The lowest BCUT2D eigenvalue weighted by Gasteiger charge is -2.12. The number of nitrogens with one attached hydrogen (secondary N) is 2. The van der Waals surface area contributed by atoms with Crippen molar-refractivity contribution in [3.8, 4) is 0 Å². The first-order chi connectivity index (χ1) is 9.09. The molecule has 6 heteroatoms. The zero-order chi connectivity index (χ0) is 13.6. The van der Waals surface area contributed by atoms with Crippen molar-refractivity contribution in [1.82, 2.24) is 15.1 Å². The molecule has 1 aliphatic heterocycles. The van der Waals surface area contributed by atoms with E-state index in [0.29, 0.717) is 22.4 Å². The summed E-state index contributed by atoms with van der Waals surface area (Å²) in [6, 6.07) is 6.65. The molecule has 2 amide bonds. The summed E-state index contributed by atoms with van der Waals surface area (Å²) in [5.74, 6) is -0.721. The lowest BCUT2D eigenvalue weighted by atomic mass is 10.1. The lowest BCUT2D eigenvalue weighted by molar-refractivity contribution is 0.0642. The maximum absolute atomic E-state index is 12.1. The minimum absolute atomic E-state index is 0.0169. The Morgan fingerprint density at radius 1 is 1.00 bits per heavy atom. The molecule has 1 aliphatic rings. The van der Waals surface area contributed by atoms with Gasteiger partial charge in [-0.05, 0) is 19.1 Å². The first-order valence-electron chi connectivity index (χ1n) is 5.81. The number of carbonyl (C=O) groups is 2. The quantitative estimate of drug-likeness (QED) is 0.780. The summed E-state index contributed by atoms with van der Waals surface area (Å²) in [6.07, 6.45) is 0. The number of aromatic nitrogens is 2. The lowest BCUT2D eigenvalue weighted by Crippen LogP contribution is -2.31. The summed E-state index contributed by atoms with van der Waals surface area (Å²) in [6.45, 7) is 1.70. The van der Waals surface area contributed by atoms with Gasteiger partial charge in [0.25, 0.3) is 17.4 Å². The molecule has 0 saturated heterocycles. The van der Waals surface area contributed by atoms with Crippen LogP contribution in [0.2, 0.25) is 0 Å². The summed E-state index contributed by atoms with van der Waals surface area (Å²) in [7, 11) is 0. The van der Waals surface area contributed by atoms with E-state index in [2.05, 4.69) is 10.2 Å². The van der Waals surface area contributed by atoms with E-state index in [1.165, 1.54) is 0 Å². The minimum Gasteiger partial charge on any atom is -0.302 e. The molecule has 1 aromatic carbocycles. The van der Waals surface area contributed by atoms with Crippen LogP contribution in [0.5, 0.6) is 0 Å². The average molecular weight is 257 g/mol. The second kappa shape index (κ2) is 3.94. The predicted molar refractivity (Wildman–Crippen MR) is 66.8 cm³/mol. The minimum atomic E-state index is -0.361. The van der Waals surface area contributed by atoms with Crippen LogP contribution in [-0.2, 0) is 6.54 Å². The van der Waals surface area contributed by atoms with Gasteiger partial charge in [0.1, 0.15) is 0 Å². The van der Waals surface area contributed by atoms with Crippen LogP contribution >= 0.6 is 0 Å². The van der Waals surface area contributed by atoms with Crippen LogP contribution in [0.15, 0.2) is 29.1 Å². The number of imide groups is 1. The van der Waals surface area contributed by atoms with Gasteiger partial charge in [-0.2, -0.15) is 0 Å². The molecule has 0 radical (unpaired) electrons. The topological polar surface area (TPSA) is 86.0 Å². The Labute approximate surface area is 108 Å². The van der Waals surface area contributed by atoms with E-state index in [0.717, 1.165) is 4.90 Å². The largest absolute Gasteiger partial charge is 0.302 e. The number of amides is 2. The van der Waals surface area contributed by atoms with Crippen LogP contribution in [-0.4, -0.2) is 26.9 Å². The van der Waals surface area contributed by atoms with E-state index in [1.807, 2.05) is 0 Å². The molecule has 0 aliphatic carbocycles. The maximum Gasteiger partial charge on any atom is 0.269 e. The van der Waals surface area contributed by atoms with Crippen molar-refractivity contribution >= 4 is 11.8 Å². The van der Waals surface area contributed by atoms with E-state index in [9.17, 15) is 14.4 Å². The number of benzene rings is 1. The molecule has 19 heavy (non-hydrogen) atoms. The number of nitrogens with zero attached hydrogens (tertiary/aromatic N) is 1. The SMILES string of the molecule is Cc1[nH][nH]c(=O)c1CN1C(=O)c2ccccc2C1=O. The molecule has 96 valence electrons. The van der Waals surface area contributed by atoms with E-state index in [4.69, 9.17) is 0 Å². The zero-order valence-corrected chi connectivity index (χ0v) is 10.2. The Kier molecular flexibility index (Phi) is 2.38. The number of hydrogen-bond donors (Lipinski definition) is 2. The van der Waals surface area contributed by atoms with Crippen LogP contribution in [0.1, 0.15) is 32.0 Å². The van der Waals surface area contributed by atoms with Crippen molar-refractivity contribution in [3.05, 3.63) is 57.0 Å². The zero-order valence-electron chi connectivity index (χ0n) is 10.2. The Morgan fingerprint density at radius 2 is 1.58 bits per heavy atom. The second-order valence-corrected chi connectivity index (χ2v) is 4.42. The molecule has 3 rings (SSSR count). The van der Waals surface area contributed by atoms with Gasteiger partial charge in [0.05, 0.1) is 23.2 Å². The predicted octanol–water partition coefficient (Wildman–Crippen LogP) is 0.808. The van der Waals surface area contributed by atoms with Crippen LogP contribution in [0, 0.1) is 6.92 Å². The summed E-state index contributed by atoms with van der Waals surface area (Å²) >= 11 is 0. The molecule has 6 nitrogen and oxygen atoms in total. The van der Waals surface area contributed by atoms with Crippen molar-refractivity contribution in [3.63, 3.8) is 0 Å². The monoisotopic (exact) mass is 257 g/mol. The molecule has 0 spiro atoms. The normalized spacial score (nSPS) is 14.1. The van der Waals surface area contributed by atoms with Gasteiger partial charge in [-0.25, -0.2) is 0 Å². The number of carbonyl (C=O) groups excluding carboxylic acids is 2. The fourth-order valence-corrected chi connectivity index (χ4v) is 2.20. The van der Waals surface area contributed by atoms with Crippen LogP contribution in [0.25, 0.3) is 0 Å². The highest BCUT2D eigenvalue weighted by molar-refractivity contribution is 6.21. The fourth-order valence-electron chi connectivity index (χ4n) is 2.20. The van der Waals surface area contributed by atoms with Gasteiger partial charge in [0.2, 0.25) is 0 Å². The highest BCUT2D eigenvalue weighted by Gasteiger charge is 2.35. The standard InChI is InChI=1S/C13H11N3O3/c1-7-10(11(17)15-14-7)6-16-12(18)8-4-2-3-5-9(8)13(16)19/h2-5H,6H2,1H3,(H2,14,15,17). The van der Waals surface area contributed by atoms with Gasteiger partial charge in [0, 0.05) is 5.69 Å². The van der Waals surface area contributed by atoms with E-state index in [1.54, 1.807) is 31.2 Å². The second-order valence-electron chi connectivity index (χ2n) is 4.42. The Balaban J connectivity index is 1.99. The number of aromatic amines is 2. The Hall–Kier alpha value is -2.63. The van der Waals surface area contributed by atoms with Crippen molar-refractivity contribution in [2.24, 2.45) is 0 Å². The molecule has 0 atom stereocenters. The van der Waals surface area contributed by atoms with Crippen LogP contribution in [0.3, 0.4) is 0 Å². The van der Waals surface area contributed by atoms with Gasteiger partial charge >= 0.3 is 0 Å². The molecule has 2 heterocycles. The van der Waals surface area contributed by atoms with Gasteiger partial charge in [0.15, 0.2) is 0 Å².